The van der Waals surface area contributed by atoms with Crippen LogP contribution in [0.1, 0.15) is 24.0 Å². The summed E-state index contributed by atoms with van der Waals surface area (Å²) < 4.78 is 0. The Morgan fingerprint density at radius 2 is 1.68 bits per heavy atom. The minimum Gasteiger partial charge on any atom is -0.378 e. The van der Waals surface area contributed by atoms with Crippen molar-refractivity contribution in [3.8, 4) is 0 Å². The zero-order valence-corrected chi connectivity index (χ0v) is 17.9. The van der Waals surface area contributed by atoms with E-state index in [9.17, 15) is 4.79 Å². The van der Waals surface area contributed by atoms with E-state index in [2.05, 4.69) is 39.4 Å². The normalized spacial score (nSPS) is 15.4. The average molecular weight is 420 g/mol. The van der Waals surface area contributed by atoms with Gasteiger partial charge in [-0.05, 0) is 55.8 Å². The minimum absolute atomic E-state index is 0.0685. The molecule has 0 unspecified atom stereocenters. The Bertz CT molecular complexity index is 780. The molecule has 150 valence electrons. The maximum absolute atomic E-state index is 12.5. The third-order valence-corrected chi connectivity index (χ3v) is 6.03. The zero-order valence-electron chi connectivity index (χ0n) is 16.4. The van der Waals surface area contributed by atoms with Crippen molar-refractivity contribution < 1.29 is 4.79 Å². The fourth-order valence-corrected chi connectivity index (χ4v) is 4.02. The highest BCUT2D eigenvalue weighted by Crippen LogP contribution is 2.27. The molecule has 6 heteroatoms. The van der Waals surface area contributed by atoms with E-state index in [0.29, 0.717) is 16.6 Å². The van der Waals surface area contributed by atoms with Crippen LogP contribution in [-0.2, 0) is 17.9 Å². The smallest absolute Gasteiger partial charge is 0.223 e. The van der Waals surface area contributed by atoms with Crippen LogP contribution in [0, 0.1) is 5.92 Å². The summed E-state index contributed by atoms with van der Waals surface area (Å²) in [5.74, 6) is 0.214. The molecule has 0 atom stereocenters. The summed E-state index contributed by atoms with van der Waals surface area (Å²) in [5.41, 5.74) is 3.24. The second kappa shape index (κ2) is 9.64. The molecule has 0 bridgehead atoms. The van der Waals surface area contributed by atoms with Gasteiger partial charge in [-0.1, -0.05) is 41.4 Å². The standard InChI is InChI=1S/C22H27Cl2N3O/c1-26(2)18-8-6-16(7-9-18)14-25-22(28)17-10-12-27(13-11-17)15-19-20(23)4-3-5-21(19)24/h3-9,17H,10-15H2,1-2H3,(H,25,28). The van der Waals surface area contributed by atoms with E-state index in [1.807, 2.05) is 32.3 Å². The molecule has 1 heterocycles. The van der Waals surface area contributed by atoms with Crippen molar-refractivity contribution in [3.63, 3.8) is 0 Å². The van der Waals surface area contributed by atoms with E-state index in [-0.39, 0.29) is 11.8 Å². The summed E-state index contributed by atoms with van der Waals surface area (Å²) in [6, 6.07) is 13.9. The van der Waals surface area contributed by atoms with Gasteiger partial charge in [0.1, 0.15) is 0 Å². The Kier molecular flexibility index (Phi) is 7.22. The third-order valence-electron chi connectivity index (χ3n) is 5.32. The van der Waals surface area contributed by atoms with E-state index in [4.69, 9.17) is 23.2 Å². The molecule has 0 spiro atoms. The minimum atomic E-state index is 0.0685. The van der Waals surface area contributed by atoms with Gasteiger partial charge in [0.2, 0.25) is 5.91 Å². The molecular weight excluding hydrogens is 393 g/mol. The largest absolute Gasteiger partial charge is 0.378 e. The van der Waals surface area contributed by atoms with Crippen LogP contribution in [0.15, 0.2) is 42.5 Å². The SMILES string of the molecule is CN(C)c1ccc(CNC(=O)C2CCN(Cc3c(Cl)cccc3Cl)CC2)cc1. The van der Waals surface area contributed by atoms with Crippen molar-refractivity contribution in [2.24, 2.45) is 5.92 Å². The van der Waals surface area contributed by atoms with Crippen molar-refractivity contribution in [3.05, 3.63) is 63.6 Å². The average Bonchev–Trinajstić information content (AvgIpc) is 2.70. The lowest BCUT2D eigenvalue weighted by Gasteiger charge is -2.31. The van der Waals surface area contributed by atoms with Gasteiger partial charge in [-0.3, -0.25) is 9.69 Å². The summed E-state index contributed by atoms with van der Waals surface area (Å²) >= 11 is 12.6. The van der Waals surface area contributed by atoms with Crippen LogP contribution in [0.5, 0.6) is 0 Å². The lowest BCUT2D eigenvalue weighted by Crippen LogP contribution is -2.40. The summed E-state index contributed by atoms with van der Waals surface area (Å²) in [5, 5.41) is 4.49. The number of nitrogens with one attached hydrogen (secondary N) is 1. The number of benzene rings is 2. The third kappa shape index (κ3) is 5.40. The van der Waals surface area contributed by atoms with Crippen molar-refractivity contribution in [2.75, 3.05) is 32.1 Å². The van der Waals surface area contributed by atoms with Crippen molar-refractivity contribution in [1.82, 2.24) is 10.2 Å². The monoisotopic (exact) mass is 419 g/mol. The van der Waals surface area contributed by atoms with Crippen LogP contribution in [0.3, 0.4) is 0 Å². The number of nitrogens with zero attached hydrogens (tertiary/aromatic N) is 2. The van der Waals surface area contributed by atoms with Gasteiger partial charge in [-0.15, -0.1) is 0 Å². The molecule has 0 radical (unpaired) electrons. The number of carbonyl (C=O) groups is 1. The van der Waals surface area contributed by atoms with E-state index >= 15 is 0 Å². The number of carbonyl (C=O) groups excluding carboxylic acids is 1. The maximum Gasteiger partial charge on any atom is 0.223 e. The van der Waals surface area contributed by atoms with Crippen LogP contribution >= 0.6 is 23.2 Å². The number of amides is 1. The van der Waals surface area contributed by atoms with Crippen molar-refractivity contribution in [2.45, 2.75) is 25.9 Å². The van der Waals surface area contributed by atoms with E-state index in [1.54, 1.807) is 0 Å². The lowest BCUT2D eigenvalue weighted by molar-refractivity contribution is -0.126. The first-order chi connectivity index (χ1) is 13.4. The van der Waals surface area contributed by atoms with Crippen molar-refractivity contribution in [1.29, 1.82) is 0 Å². The lowest BCUT2D eigenvalue weighted by atomic mass is 9.95. The van der Waals surface area contributed by atoms with E-state index in [0.717, 1.165) is 49.3 Å². The Labute approximate surface area is 177 Å². The molecule has 2 aromatic carbocycles. The Morgan fingerprint density at radius 1 is 1.07 bits per heavy atom. The fraction of sp³-hybridized carbons (Fsp3) is 0.409. The summed E-state index contributed by atoms with van der Waals surface area (Å²) in [7, 11) is 4.03. The number of rotatable bonds is 6. The topological polar surface area (TPSA) is 35.6 Å². The van der Waals surface area contributed by atoms with E-state index in [1.165, 1.54) is 0 Å². The first kappa shape index (κ1) is 21.0. The molecule has 0 aliphatic carbocycles. The molecule has 2 aromatic rings. The molecular formula is C22H27Cl2N3O. The molecule has 1 fully saturated rings. The summed E-state index contributed by atoms with van der Waals surface area (Å²) in [4.78, 5) is 16.9. The van der Waals surface area contributed by atoms with Crippen LogP contribution < -0.4 is 10.2 Å². The number of piperidine rings is 1. The molecule has 1 N–H and O–H groups in total. The summed E-state index contributed by atoms with van der Waals surface area (Å²) in [6.07, 6.45) is 1.71. The van der Waals surface area contributed by atoms with Gasteiger partial charge >= 0.3 is 0 Å². The van der Waals surface area contributed by atoms with Gasteiger partial charge in [0, 0.05) is 54.4 Å². The van der Waals surface area contributed by atoms with Gasteiger partial charge in [0.25, 0.3) is 0 Å². The highest BCUT2D eigenvalue weighted by atomic mass is 35.5. The van der Waals surface area contributed by atoms with Gasteiger partial charge in [0.15, 0.2) is 0 Å². The number of likely N-dealkylation sites (tertiary alicyclic amines) is 1. The fourth-order valence-electron chi connectivity index (χ4n) is 3.51. The van der Waals surface area contributed by atoms with E-state index < -0.39 is 0 Å². The quantitative estimate of drug-likeness (QED) is 0.743. The van der Waals surface area contributed by atoms with Crippen LogP contribution in [0.2, 0.25) is 10.0 Å². The van der Waals surface area contributed by atoms with Crippen LogP contribution in [0.25, 0.3) is 0 Å². The number of halogens is 2. The second-order valence-corrected chi connectivity index (χ2v) is 8.34. The molecule has 1 aliphatic rings. The van der Waals surface area contributed by atoms with Gasteiger partial charge in [-0.2, -0.15) is 0 Å². The Hall–Kier alpha value is -1.75. The molecule has 3 rings (SSSR count). The maximum atomic E-state index is 12.5. The van der Waals surface area contributed by atoms with Gasteiger partial charge in [-0.25, -0.2) is 0 Å². The molecule has 1 amide bonds. The Balaban J connectivity index is 1.46. The molecule has 28 heavy (non-hydrogen) atoms. The predicted octanol–water partition coefficient (Wildman–Crippen LogP) is 4.59. The molecule has 1 saturated heterocycles. The number of hydrogen-bond donors (Lipinski definition) is 1. The van der Waals surface area contributed by atoms with Crippen LogP contribution in [0.4, 0.5) is 5.69 Å². The second-order valence-electron chi connectivity index (χ2n) is 7.53. The first-order valence-corrected chi connectivity index (χ1v) is 10.4. The van der Waals surface area contributed by atoms with Crippen molar-refractivity contribution >= 4 is 34.8 Å². The molecule has 0 aromatic heterocycles. The number of hydrogen-bond acceptors (Lipinski definition) is 3. The highest BCUT2D eigenvalue weighted by molar-refractivity contribution is 6.35. The van der Waals surface area contributed by atoms with Gasteiger partial charge in [0.05, 0.1) is 0 Å². The highest BCUT2D eigenvalue weighted by Gasteiger charge is 2.25. The predicted molar refractivity (Wildman–Crippen MR) is 117 cm³/mol. The summed E-state index contributed by atoms with van der Waals surface area (Å²) in [6.45, 7) is 3.04. The molecule has 4 nitrogen and oxygen atoms in total. The zero-order chi connectivity index (χ0) is 20.1. The number of anilines is 1. The first-order valence-electron chi connectivity index (χ1n) is 9.63. The Morgan fingerprint density at radius 3 is 2.25 bits per heavy atom. The molecule has 1 aliphatic heterocycles. The van der Waals surface area contributed by atoms with Gasteiger partial charge < -0.3 is 10.2 Å². The molecule has 0 saturated carbocycles. The van der Waals surface area contributed by atoms with Crippen LogP contribution in [-0.4, -0.2) is 38.0 Å².